The second-order valence-electron chi connectivity index (χ2n) is 6.08. The number of hydrogen-bond acceptors (Lipinski definition) is 4. The Labute approximate surface area is 130 Å². The number of aromatic amines is 1. The summed E-state index contributed by atoms with van der Waals surface area (Å²) in [4.78, 5) is 18.6. The summed E-state index contributed by atoms with van der Waals surface area (Å²) in [5.74, 6) is 0.0132. The first kappa shape index (κ1) is 15.5. The Morgan fingerprint density at radius 2 is 1.91 bits per heavy atom. The molecule has 0 aromatic carbocycles. The maximum atomic E-state index is 12.4. The van der Waals surface area contributed by atoms with Gasteiger partial charge in [-0.1, -0.05) is 12.8 Å². The second kappa shape index (κ2) is 6.37. The SMILES string of the molecule is O=C(NC1CCCC1)C1CCN(S(=O)(=O)c2cnc[nH]2)CC1. The van der Waals surface area contributed by atoms with E-state index in [0.717, 1.165) is 12.8 Å². The number of imidazole rings is 1. The molecule has 8 heteroatoms. The third-order valence-electron chi connectivity index (χ3n) is 4.62. The molecule has 1 aliphatic carbocycles. The van der Waals surface area contributed by atoms with Crippen molar-refractivity contribution in [2.45, 2.75) is 49.6 Å². The zero-order valence-corrected chi connectivity index (χ0v) is 13.3. The molecular formula is C14H22N4O3S. The van der Waals surface area contributed by atoms with E-state index in [0.29, 0.717) is 32.0 Å². The van der Waals surface area contributed by atoms with Crippen LogP contribution in [0.5, 0.6) is 0 Å². The summed E-state index contributed by atoms with van der Waals surface area (Å²) in [7, 11) is -3.51. The van der Waals surface area contributed by atoms with Crippen LogP contribution >= 0.6 is 0 Å². The van der Waals surface area contributed by atoms with Crippen LogP contribution in [0.15, 0.2) is 17.6 Å². The number of H-pyrrole nitrogens is 1. The van der Waals surface area contributed by atoms with Gasteiger partial charge in [-0.2, -0.15) is 4.31 Å². The number of nitrogens with zero attached hydrogens (tertiary/aromatic N) is 2. The molecule has 1 aliphatic heterocycles. The fourth-order valence-electron chi connectivity index (χ4n) is 3.27. The van der Waals surface area contributed by atoms with E-state index in [4.69, 9.17) is 0 Å². The molecule has 2 aliphatic rings. The summed E-state index contributed by atoms with van der Waals surface area (Å²) in [5, 5.41) is 3.22. The highest BCUT2D eigenvalue weighted by molar-refractivity contribution is 7.89. The van der Waals surface area contributed by atoms with Gasteiger partial charge in [0, 0.05) is 25.0 Å². The zero-order valence-electron chi connectivity index (χ0n) is 12.5. The molecule has 1 aromatic rings. The monoisotopic (exact) mass is 326 g/mol. The van der Waals surface area contributed by atoms with E-state index in [9.17, 15) is 13.2 Å². The molecule has 0 unspecified atom stereocenters. The minimum Gasteiger partial charge on any atom is -0.353 e. The molecule has 22 heavy (non-hydrogen) atoms. The van der Waals surface area contributed by atoms with Crippen LogP contribution in [-0.4, -0.2) is 47.7 Å². The van der Waals surface area contributed by atoms with E-state index in [2.05, 4.69) is 15.3 Å². The number of hydrogen-bond donors (Lipinski definition) is 2. The van der Waals surface area contributed by atoms with Gasteiger partial charge in [0.15, 0.2) is 5.03 Å². The van der Waals surface area contributed by atoms with Gasteiger partial charge in [-0.3, -0.25) is 4.79 Å². The first-order chi connectivity index (χ1) is 10.6. The Balaban J connectivity index is 1.55. The van der Waals surface area contributed by atoms with E-state index in [1.807, 2.05) is 0 Å². The van der Waals surface area contributed by atoms with Crippen molar-refractivity contribution in [2.75, 3.05) is 13.1 Å². The molecule has 0 spiro atoms. The van der Waals surface area contributed by atoms with Crippen LogP contribution in [0.1, 0.15) is 38.5 Å². The summed E-state index contributed by atoms with van der Waals surface area (Å²) < 4.78 is 26.1. The molecule has 1 saturated heterocycles. The van der Waals surface area contributed by atoms with Crippen molar-refractivity contribution >= 4 is 15.9 Å². The van der Waals surface area contributed by atoms with E-state index < -0.39 is 10.0 Å². The minimum atomic E-state index is -3.51. The highest BCUT2D eigenvalue weighted by Gasteiger charge is 2.33. The lowest BCUT2D eigenvalue weighted by atomic mass is 9.97. The van der Waals surface area contributed by atoms with Crippen molar-refractivity contribution < 1.29 is 13.2 Å². The van der Waals surface area contributed by atoms with Crippen molar-refractivity contribution in [2.24, 2.45) is 5.92 Å². The average molecular weight is 326 g/mol. The number of carbonyl (C=O) groups is 1. The minimum absolute atomic E-state index is 0.0752. The Bertz CT molecular complexity index is 600. The number of rotatable bonds is 4. The lowest BCUT2D eigenvalue weighted by Crippen LogP contribution is -2.44. The zero-order chi connectivity index (χ0) is 15.6. The van der Waals surface area contributed by atoms with Gasteiger partial charge in [0.25, 0.3) is 10.0 Å². The van der Waals surface area contributed by atoms with E-state index in [1.54, 1.807) is 0 Å². The number of aromatic nitrogens is 2. The van der Waals surface area contributed by atoms with Crippen LogP contribution in [0.4, 0.5) is 0 Å². The number of amides is 1. The summed E-state index contributed by atoms with van der Waals surface area (Å²) in [6, 6.07) is 0.319. The maximum absolute atomic E-state index is 12.4. The molecule has 1 amide bonds. The van der Waals surface area contributed by atoms with Crippen molar-refractivity contribution in [3.8, 4) is 0 Å². The highest BCUT2D eigenvalue weighted by Crippen LogP contribution is 2.24. The van der Waals surface area contributed by atoms with E-state index in [-0.39, 0.29) is 16.9 Å². The maximum Gasteiger partial charge on any atom is 0.260 e. The van der Waals surface area contributed by atoms with Crippen molar-refractivity contribution in [3.05, 3.63) is 12.5 Å². The van der Waals surface area contributed by atoms with E-state index in [1.165, 1.54) is 29.7 Å². The van der Waals surface area contributed by atoms with Crippen LogP contribution < -0.4 is 5.32 Å². The van der Waals surface area contributed by atoms with Crippen LogP contribution in [0.2, 0.25) is 0 Å². The Morgan fingerprint density at radius 1 is 1.23 bits per heavy atom. The van der Waals surface area contributed by atoms with Gasteiger partial charge in [-0.05, 0) is 25.7 Å². The predicted molar refractivity (Wildman–Crippen MR) is 80.5 cm³/mol. The summed E-state index contributed by atoms with van der Waals surface area (Å²) >= 11 is 0. The summed E-state index contributed by atoms with van der Waals surface area (Å²) in [5.41, 5.74) is 0. The standard InChI is InChI=1S/C14H22N4O3S/c19-14(17-12-3-1-2-4-12)11-5-7-18(8-6-11)22(20,21)13-9-15-10-16-13/h9-12H,1-8H2,(H,15,16)(H,17,19). The number of nitrogens with one attached hydrogen (secondary N) is 2. The molecule has 122 valence electrons. The first-order valence-corrected chi connectivity index (χ1v) is 9.30. The fourth-order valence-corrected chi connectivity index (χ4v) is 4.64. The Kier molecular flexibility index (Phi) is 4.49. The van der Waals surface area contributed by atoms with Crippen molar-refractivity contribution in [1.82, 2.24) is 19.6 Å². The van der Waals surface area contributed by atoms with Crippen LogP contribution in [0.3, 0.4) is 0 Å². The van der Waals surface area contributed by atoms with Crippen LogP contribution in [0.25, 0.3) is 0 Å². The van der Waals surface area contributed by atoms with Gasteiger partial charge in [-0.25, -0.2) is 13.4 Å². The van der Waals surface area contributed by atoms with Crippen LogP contribution in [0, 0.1) is 5.92 Å². The molecule has 3 rings (SSSR count). The normalized spacial score (nSPS) is 22.0. The molecule has 2 fully saturated rings. The van der Waals surface area contributed by atoms with Gasteiger partial charge in [0.2, 0.25) is 5.91 Å². The summed E-state index contributed by atoms with van der Waals surface area (Å²) in [6.45, 7) is 0.758. The Morgan fingerprint density at radius 3 is 2.50 bits per heavy atom. The van der Waals surface area contributed by atoms with Crippen molar-refractivity contribution in [1.29, 1.82) is 0 Å². The third kappa shape index (κ3) is 3.17. The molecule has 2 N–H and O–H groups in total. The molecule has 0 atom stereocenters. The van der Waals surface area contributed by atoms with Gasteiger partial charge in [0.1, 0.15) is 0 Å². The van der Waals surface area contributed by atoms with Crippen LogP contribution in [-0.2, 0) is 14.8 Å². The largest absolute Gasteiger partial charge is 0.353 e. The topological polar surface area (TPSA) is 95.2 Å². The molecular weight excluding hydrogens is 304 g/mol. The Hall–Kier alpha value is -1.41. The second-order valence-corrected chi connectivity index (χ2v) is 7.99. The number of piperidine rings is 1. The smallest absolute Gasteiger partial charge is 0.260 e. The highest BCUT2D eigenvalue weighted by atomic mass is 32.2. The fraction of sp³-hybridized carbons (Fsp3) is 0.714. The lowest BCUT2D eigenvalue weighted by Gasteiger charge is -2.30. The number of carbonyl (C=O) groups excluding carboxylic acids is 1. The summed E-state index contributed by atoms with van der Waals surface area (Å²) in [6.07, 6.45) is 8.33. The molecule has 0 radical (unpaired) electrons. The van der Waals surface area contributed by atoms with Gasteiger partial charge in [0.05, 0.1) is 12.5 Å². The average Bonchev–Trinajstić information content (AvgIpc) is 3.21. The van der Waals surface area contributed by atoms with E-state index >= 15 is 0 Å². The molecule has 1 aromatic heterocycles. The van der Waals surface area contributed by atoms with Gasteiger partial charge in [-0.15, -0.1) is 0 Å². The quantitative estimate of drug-likeness (QED) is 0.858. The lowest BCUT2D eigenvalue weighted by molar-refractivity contribution is -0.126. The predicted octanol–water partition coefficient (Wildman–Crippen LogP) is 0.869. The first-order valence-electron chi connectivity index (χ1n) is 7.86. The molecule has 2 heterocycles. The van der Waals surface area contributed by atoms with Crippen molar-refractivity contribution in [3.63, 3.8) is 0 Å². The number of sulfonamides is 1. The molecule has 7 nitrogen and oxygen atoms in total. The van der Waals surface area contributed by atoms with Gasteiger partial charge < -0.3 is 10.3 Å². The molecule has 0 bridgehead atoms. The third-order valence-corrected chi connectivity index (χ3v) is 6.44. The molecule has 1 saturated carbocycles. The van der Waals surface area contributed by atoms with Gasteiger partial charge >= 0.3 is 0 Å².